The normalized spacial score (nSPS) is 19.4. The zero-order valence-corrected chi connectivity index (χ0v) is 7.67. The average Bonchev–Trinajstić information content (AvgIpc) is 2.53. The molecular weight excluding hydrogens is 154 g/mol. The minimum absolute atomic E-state index is 0.0716. The number of rotatable bonds is 3. The van der Waals surface area contributed by atoms with Crippen molar-refractivity contribution >= 4 is 0 Å². The van der Waals surface area contributed by atoms with Gasteiger partial charge in [0.05, 0.1) is 24.7 Å². The SMILES string of the molecule is CC(C)(C#N)CCC1OCCO1. The Morgan fingerprint density at radius 3 is 2.50 bits per heavy atom. The van der Waals surface area contributed by atoms with Crippen LogP contribution in [0.3, 0.4) is 0 Å². The highest BCUT2D eigenvalue weighted by Gasteiger charge is 2.22. The first-order chi connectivity index (χ1) is 5.64. The van der Waals surface area contributed by atoms with Gasteiger partial charge in [-0.15, -0.1) is 0 Å². The Labute approximate surface area is 73.3 Å². The molecule has 0 spiro atoms. The van der Waals surface area contributed by atoms with Gasteiger partial charge >= 0.3 is 0 Å². The van der Waals surface area contributed by atoms with Crippen molar-refractivity contribution in [2.75, 3.05) is 13.2 Å². The number of nitrogens with zero attached hydrogens (tertiary/aromatic N) is 1. The maximum Gasteiger partial charge on any atom is 0.157 e. The van der Waals surface area contributed by atoms with Crippen LogP contribution in [0.25, 0.3) is 0 Å². The molecule has 0 aromatic rings. The van der Waals surface area contributed by atoms with Gasteiger partial charge in [-0.05, 0) is 26.7 Å². The van der Waals surface area contributed by atoms with Gasteiger partial charge < -0.3 is 9.47 Å². The summed E-state index contributed by atoms with van der Waals surface area (Å²) in [5.41, 5.74) is -0.255. The van der Waals surface area contributed by atoms with Crippen LogP contribution in [0.1, 0.15) is 26.7 Å². The van der Waals surface area contributed by atoms with Gasteiger partial charge in [-0.25, -0.2) is 0 Å². The van der Waals surface area contributed by atoms with Crippen LogP contribution < -0.4 is 0 Å². The van der Waals surface area contributed by atoms with E-state index in [4.69, 9.17) is 14.7 Å². The fourth-order valence-electron chi connectivity index (χ4n) is 1.11. The first-order valence-electron chi connectivity index (χ1n) is 4.28. The lowest BCUT2D eigenvalue weighted by Gasteiger charge is -2.16. The second-order valence-electron chi connectivity index (χ2n) is 3.71. The molecule has 0 radical (unpaired) electrons. The predicted molar refractivity (Wildman–Crippen MR) is 44.3 cm³/mol. The fraction of sp³-hybridized carbons (Fsp3) is 0.889. The van der Waals surface area contributed by atoms with Gasteiger partial charge in [-0.1, -0.05) is 0 Å². The lowest BCUT2D eigenvalue weighted by atomic mass is 9.90. The summed E-state index contributed by atoms with van der Waals surface area (Å²) in [7, 11) is 0. The molecule has 3 heteroatoms. The number of ether oxygens (including phenoxy) is 2. The summed E-state index contributed by atoms with van der Waals surface area (Å²) in [6.07, 6.45) is 1.58. The third kappa shape index (κ3) is 2.80. The second-order valence-corrected chi connectivity index (χ2v) is 3.71. The fourth-order valence-corrected chi connectivity index (χ4v) is 1.11. The summed E-state index contributed by atoms with van der Waals surface area (Å²) in [4.78, 5) is 0. The zero-order chi connectivity index (χ0) is 9.03. The van der Waals surface area contributed by atoms with Crippen LogP contribution in [0.2, 0.25) is 0 Å². The molecule has 0 N–H and O–H groups in total. The molecule has 0 aliphatic carbocycles. The Hall–Kier alpha value is -0.590. The van der Waals surface area contributed by atoms with E-state index in [1.54, 1.807) is 0 Å². The van der Waals surface area contributed by atoms with E-state index in [2.05, 4.69) is 6.07 Å². The smallest absolute Gasteiger partial charge is 0.157 e. The van der Waals surface area contributed by atoms with Gasteiger partial charge in [0.1, 0.15) is 0 Å². The topological polar surface area (TPSA) is 42.2 Å². The molecule has 1 saturated heterocycles. The highest BCUT2D eigenvalue weighted by molar-refractivity contribution is 4.91. The summed E-state index contributed by atoms with van der Waals surface area (Å²) in [5.74, 6) is 0. The third-order valence-electron chi connectivity index (χ3n) is 2.00. The molecule has 0 atom stereocenters. The molecule has 0 saturated carbocycles. The Bertz CT molecular complexity index is 177. The molecule has 0 aromatic carbocycles. The van der Waals surface area contributed by atoms with Crippen molar-refractivity contribution in [1.29, 1.82) is 5.26 Å². The zero-order valence-electron chi connectivity index (χ0n) is 7.67. The van der Waals surface area contributed by atoms with E-state index >= 15 is 0 Å². The largest absolute Gasteiger partial charge is 0.350 e. The van der Waals surface area contributed by atoms with Crippen LogP contribution in [0, 0.1) is 16.7 Å². The maximum absolute atomic E-state index is 8.74. The van der Waals surface area contributed by atoms with E-state index in [1.165, 1.54) is 0 Å². The molecule has 3 nitrogen and oxygen atoms in total. The van der Waals surface area contributed by atoms with Gasteiger partial charge in [0.25, 0.3) is 0 Å². The van der Waals surface area contributed by atoms with Crippen LogP contribution in [-0.4, -0.2) is 19.5 Å². The van der Waals surface area contributed by atoms with Gasteiger partial charge in [0.15, 0.2) is 6.29 Å². The van der Waals surface area contributed by atoms with Crippen molar-refractivity contribution < 1.29 is 9.47 Å². The van der Waals surface area contributed by atoms with Gasteiger partial charge in [0.2, 0.25) is 0 Å². The Morgan fingerprint density at radius 1 is 1.42 bits per heavy atom. The van der Waals surface area contributed by atoms with Gasteiger partial charge in [-0.3, -0.25) is 0 Å². The Morgan fingerprint density at radius 2 is 2.00 bits per heavy atom. The molecule has 12 heavy (non-hydrogen) atoms. The lowest BCUT2D eigenvalue weighted by Crippen LogP contribution is -2.14. The van der Waals surface area contributed by atoms with Crippen molar-refractivity contribution in [2.24, 2.45) is 5.41 Å². The Kier molecular flexibility index (Phi) is 3.07. The first kappa shape index (κ1) is 9.50. The van der Waals surface area contributed by atoms with Crippen molar-refractivity contribution in [3.05, 3.63) is 0 Å². The molecule has 1 heterocycles. The number of nitriles is 1. The van der Waals surface area contributed by atoms with E-state index in [-0.39, 0.29) is 11.7 Å². The number of hydrogen-bond acceptors (Lipinski definition) is 3. The van der Waals surface area contributed by atoms with Crippen molar-refractivity contribution in [3.63, 3.8) is 0 Å². The predicted octanol–water partition coefficient (Wildman–Crippen LogP) is 1.69. The van der Waals surface area contributed by atoms with E-state index in [1.807, 2.05) is 13.8 Å². The van der Waals surface area contributed by atoms with Crippen LogP contribution in [0.15, 0.2) is 0 Å². The van der Waals surface area contributed by atoms with Crippen molar-refractivity contribution in [1.82, 2.24) is 0 Å². The summed E-state index contributed by atoms with van der Waals surface area (Å²) < 4.78 is 10.5. The van der Waals surface area contributed by atoms with Crippen LogP contribution in [0.5, 0.6) is 0 Å². The van der Waals surface area contributed by atoms with Crippen LogP contribution in [0.4, 0.5) is 0 Å². The van der Waals surface area contributed by atoms with E-state index in [0.717, 1.165) is 12.8 Å². The van der Waals surface area contributed by atoms with Gasteiger partial charge in [-0.2, -0.15) is 5.26 Å². The molecule has 0 amide bonds. The molecular formula is C9H15NO2. The highest BCUT2D eigenvalue weighted by Crippen LogP contribution is 2.23. The molecule has 0 aromatic heterocycles. The second kappa shape index (κ2) is 3.88. The minimum atomic E-state index is -0.255. The van der Waals surface area contributed by atoms with E-state index < -0.39 is 0 Å². The molecule has 1 aliphatic heterocycles. The minimum Gasteiger partial charge on any atom is -0.350 e. The maximum atomic E-state index is 8.74. The first-order valence-corrected chi connectivity index (χ1v) is 4.28. The molecule has 1 fully saturated rings. The van der Waals surface area contributed by atoms with E-state index in [0.29, 0.717) is 13.2 Å². The van der Waals surface area contributed by atoms with Crippen molar-refractivity contribution in [2.45, 2.75) is 33.0 Å². The highest BCUT2D eigenvalue weighted by atomic mass is 16.7. The summed E-state index contributed by atoms with van der Waals surface area (Å²) in [6, 6.07) is 2.25. The standard InChI is InChI=1S/C9H15NO2/c1-9(2,7-10)4-3-8-11-5-6-12-8/h8H,3-6H2,1-2H3. The summed E-state index contributed by atoms with van der Waals surface area (Å²) in [5, 5.41) is 8.74. The quantitative estimate of drug-likeness (QED) is 0.645. The molecule has 1 rings (SSSR count). The van der Waals surface area contributed by atoms with Crippen LogP contribution in [-0.2, 0) is 9.47 Å². The summed E-state index contributed by atoms with van der Waals surface area (Å²) >= 11 is 0. The van der Waals surface area contributed by atoms with Crippen LogP contribution >= 0.6 is 0 Å². The average molecular weight is 169 g/mol. The molecule has 0 bridgehead atoms. The Balaban J connectivity index is 2.21. The van der Waals surface area contributed by atoms with Crippen molar-refractivity contribution in [3.8, 4) is 6.07 Å². The van der Waals surface area contributed by atoms with Gasteiger partial charge in [0, 0.05) is 0 Å². The lowest BCUT2D eigenvalue weighted by molar-refractivity contribution is -0.0512. The third-order valence-corrected chi connectivity index (χ3v) is 2.00. The number of hydrogen-bond donors (Lipinski definition) is 0. The summed E-state index contributed by atoms with van der Waals surface area (Å²) in [6.45, 7) is 5.25. The molecule has 0 unspecified atom stereocenters. The molecule has 1 aliphatic rings. The van der Waals surface area contributed by atoms with E-state index in [9.17, 15) is 0 Å². The molecule has 68 valence electrons. The monoisotopic (exact) mass is 169 g/mol.